The van der Waals surface area contributed by atoms with Crippen LogP contribution in [0.25, 0.3) is 6.08 Å². The maximum Gasteiger partial charge on any atom is 0.253 e. The van der Waals surface area contributed by atoms with Gasteiger partial charge in [0.25, 0.3) is 5.91 Å². The molecule has 1 spiro atoms. The van der Waals surface area contributed by atoms with E-state index in [2.05, 4.69) is 10.3 Å². The van der Waals surface area contributed by atoms with Crippen LogP contribution in [0.2, 0.25) is 0 Å². The lowest BCUT2D eigenvalue weighted by Crippen LogP contribution is -2.50. The second-order valence-electron chi connectivity index (χ2n) is 10.4. The first-order valence-corrected chi connectivity index (χ1v) is 14.2. The highest BCUT2D eigenvalue weighted by atomic mass is 32.2. The number of hydrogen-bond acceptors (Lipinski definition) is 7. The molecule has 0 saturated carbocycles. The average Bonchev–Trinajstić information content (AvgIpc) is 3.18. The first-order valence-electron chi connectivity index (χ1n) is 12.7. The molecule has 2 N–H and O–H groups in total. The van der Waals surface area contributed by atoms with Gasteiger partial charge < -0.3 is 20.2 Å². The number of phenolic OH excluding ortho intramolecular Hbond substituents is 1. The molecule has 1 fully saturated rings. The summed E-state index contributed by atoms with van der Waals surface area (Å²) < 4.78 is 27.7. The van der Waals surface area contributed by atoms with E-state index in [0.717, 1.165) is 22.4 Å². The highest BCUT2D eigenvalue weighted by molar-refractivity contribution is 7.92. The van der Waals surface area contributed by atoms with Crippen molar-refractivity contribution in [1.29, 1.82) is 0 Å². The number of aryl methyl sites for hydroxylation is 2. The number of piperidine rings is 1. The molecule has 2 aromatic rings. The van der Waals surface area contributed by atoms with Crippen molar-refractivity contribution in [3.63, 3.8) is 0 Å². The first kappa shape index (κ1) is 28.5. The van der Waals surface area contributed by atoms with Gasteiger partial charge in [-0.2, -0.15) is 4.31 Å². The van der Waals surface area contributed by atoms with Crippen LogP contribution >= 0.6 is 0 Å². The standard InChI is InChI=1S/C28H35N5O5S/c1-19-15-22(32(5)25(35)18-31(3)4)16-20(2)24(19)9-14-39(37,38)33-12-10-28(11-13-33)27(36)29-26(30-28)21-7-6-8-23(34)17-21/h6-9,14-17,34H,10-13,18H2,1-5H3,(H,29,30,36)/b14-9+. The van der Waals surface area contributed by atoms with E-state index in [9.17, 15) is 23.1 Å². The largest absolute Gasteiger partial charge is 0.508 e. The lowest BCUT2D eigenvalue weighted by Gasteiger charge is -2.34. The molecule has 2 aliphatic rings. The van der Waals surface area contributed by atoms with E-state index in [0.29, 0.717) is 11.4 Å². The predicted molar refractivity (Wildman–Crippen MR) is 152 cm³/mol. The zero-order chi connectivity index (χ0) is 28.5. The molecule has 0 aromatic heterocycles. The van der Waals surface area contributed by atoms with Crippen molar-refractivity contribution in [3.8, 4) is 5.75 Å². The van der Waals surface area contributed by atoms with Crippen molar-refractivity contribution in [2.24, 2.45) is 4.99 Å². The smallest absolute Gasteiger partial charge is 0.253 e. The summed E-state index contributed by atoms with van der Waals surface area (Å²) >= 11 is 0. The SMILES string of the molecule is Cc1cc(N(C)C(=O)CN(C)C)cc(C)c1/C=C/S(=O)(=O)N1CCC2(CC1)N=C(c1cccc(O)c1)NC2=O. The zero-order valence-electron chi connectivity index (χ0n) is 22.9. The Balaban J connectivity index is 1.46. The Bertz CT molecular complexity index is 1430. The Labute approximate surface area is 229 Å². The Kier molecular flexibility index (Phi) is 7.97. The van der Waals surface area contributed by atoms with Gasteiger partial charge in [-0.1, -0.05) is 12.1 Å². The monoisotopic (exact) mass is 553 g/mol. The number of likely N-dealkylation sites (N-methyl/N-ethyl adjacent to an activating group) is 2. The van der Waals surface area contributed by atoms with Crippen molar-refractivity contribution in [1.82, 2.24) is 14.5 Å². The van der Waals surface area contributed by atoms with E-state index in [4.69, 9.17) is 0 Å². The normalized spacial score (nSPS) is 17.6. The van der Waals surface area contributed by atoms with Gasteiger partial charge >= 0.3 is 0 Å². The summed E-state index contributed by atoms with van der Waals surface area (Å²) in [6, 6.07) is 10.2. The number of benzene rings is 2. The molecule has 0 radical (unpaired) electrons. The summed E-state index contributed by atoms with van der Waals surface area (Å²) in [4.78, 5) is 33.3. The number of amides is 2. The molecule has 0 bridgehead atoms. The van der Waals surface area contributed by atoms with Crippen LogP contribution in [0.15, 0.2) is 46.8 Å². The number of phenols is 1. The van der Waals surface area contributed by atoms with Crippen molar-refractivity contribution in [3.05, 3.63) is 64.1 Å². The van der Waals surface area contributed by atoms with E-state index < -0.39 is 15.6 Å². The molecule has 1 saturated heterocycles. The number of hydrogen-bond donors (Lipinski definition) is 2. The average molecular weight is 554 g/mol. The van der Waals surface area contributed by atoms with Crippen LogP contribution in [0, 0.1) is 13.8 Å². The van der Waals surface area contributed by atoms with Crippen molar-refractivity contribution >= 4 is 39.4 Å². The molecule has 4 rings (SSSR count). The van der Waals surface area contributed by atoms with Gasteiger partial charge in [0, 0.05) is 36.8 Å². The number of sulfonamides is 1. The van der Waals surface area contributed by atoms with Gasteiger partial charge in [0.1, 0.15) is 17.1 Å². The lowest BCUT2D eigenvalue weighted by atomic mass is 9.89. The number of carbonyl (C=O) groups is 2. The minimum Gasteiger partial charge on any atom is -0.508 e. The van der Waals surface area contributed by atoms with Crippen LogP contribution in [-0.2, 0) is 19.6 Å². The van der Waals surface area contributed by atoms with Gasteiger partial charge in [0.2, 0.25) is 15.9 Å². The summed E-state index contributed by atoms with van der Waals surface area (Å²) in [5.41, 5.74) is 2.82. The fourth-order valence-corrected chi connectivity index (χ4v) is 6.10. The third-order valence-corrected chi connectivity index (χ3v) is 8.77. The van der Waals surface area contributed by atoms with Gasteiger partial charge in [-0.25, -0.2) is 8.42 Å². The molecule has 39 heavy (non-hydrogen) atoms. The van der Waals surface area contributed by atoms with Crippen LogP contribution in [0.1, 0.15) is 35.1 Å². The molecular formula is C28H35N5O5S. The van der Waals surface area contributed by atoms with E-state index in [1.807, 2.05) is 45.0 Å². The van der Waals surface area contributed by atoms with Gasteiger partial charge in [-0.05, 0) is 87.8 Å². The zero-order valence-corrected chi connectivity index (χ0v) is 23.7. The second-order valence-corrected chi connectivity index (χ2v) is 12.2. The topological polar surface area (TPSA) is 123 Å². The maximum atomic E-state index is 13.2. The van der Waals surface area contributed by atoms with Gasteiger partial charge in [-0.15, -0.1) is 0 Å². The molecule has 208 valence electrons. The van der Waals surface area contributed by atoms with Crippen molar-refractivity contribution in [2.45, 2.75) is 32.2 Å². The summed E-state index contributed by atoms with van der Waals surface area (Å²) in [6.45, 7) is 4.38. The van der Waals surface area contributed by atoms with E-state index in [-0.39, 0.29) is 50.0 Å². The molecule has 11 heteroatoms. The lowest BCUT2D eigenvalue weighted by molar-refractivity contribution is -0.125. The summed E-state index contributed by atoms with van der Waals surface area (Å²) in [5, 5.41) is 13.8. The van der Waals surface area contributed by atoms with E-state index in [1.165, 1.54) is 21.8 Å². The number of anilines is 1. The molecule has 0 unspecified atom stereocenters. The fourth-order valence-electron chi connectivity index (χ4n) is 4.93. The molecule has 2 aromatic carbocycles. The van der Waals surface area contributed by atoms with Gasteiger partial charge in [0.05, 0.1) is 6.54 Å². The van der Waals surface area contributed by atoms with Gasteiger partial charge in [-0.3, -0.25) is 14.6 Å². The summed E-state index contributed by atoms with van der Waals surface area (Å²) in [6.07, 6.45) is 2.11. The van der Waals surface area contributed by atoms with Crippen molar-refractivity contribution in [2.75, 3.05) is 45.7 Å². The molecule has 2 aliphatic heterocycles. The Hall–Kier alpha value is -3.54. The molecule has 2 amide bonds. The second kappa shape index (κ2) is 10.9. The molecule has 10 nitrogen and oxygen atoms in total. The highest BCUT2D eigenvalue weighted by Crippen LogP contribution is 2.33. The predicted octanol–water partition coefficient (Wildman–Crippen LogP) is 2.25. The Morgan fingerprint density at radius 2 is 1.77 bits per heavy atom. The number of aromatic hydroxyl groups is 1. The Morgan fingerprint density at radius 1 is 1.13 bits per heavy atom. The quantitative estimate of drug-likeness (QED) is 0.542. The van der Waals surface area contributed by atoms with Crippen LogP contribution in [-0.4, -0.2) is 86.7 Å². The number of nitrogens with zero attached hydrogens (tertiary/aromatic N) is 4. The minimum atomic E-state index is -3.73. The number of aliphatic imine (C=N–C) groups is 1. The van der Waals surface area contributed by atoms with Crippen LogP contribution < -0.4 is 10.2 Å². The van der Waals surface area contributed by atoms with Crippen LogP contribution in [0.3, 0.4) is 0 Å². The number of amidine groups is 1. The fraction of sp³-hybridized carbons (Fsp3) is 0.393. The third-order valence-electron chi connectivity index (χ3n) is 7.21. The molecule has 0 atom stereocenters. The number of nitrogens with one attached hydrogen (secondary N) is 1. The number of carbonyl (C=O) groups excluding carboxylic acids is 2. The van der Waals surface area contributed by atoms with Crippen molar-refractivity contribution < 1.29 is 23.1 Å². The molecule has 0 aliphatic carbocycles. The van der Waals surface area contributed by atoms with Crippen LogP contribution in [0.5, 0.6) is 5.75 Å². The first-order chi connectivity index (χ1) is 18.3. The maximum absolute atomic E-state index is 13.2. The highest BCUT2D eigenvalue weighted by Gasteiger charge is 2.47. The van der Waals surface area contributed by atoms with E-state index in [1.54, 1.807) is 30.2 Å². The molecular weight excluding hydrogens is 518 g/mol. The number of rotatable bonds is 7. The molecule has 2 heterocycles. The van der Waals surface area contributed by atoms with Crippen LogP contribution in [0.4, 0.5) is 5.69 Å². The summed E-state index contributed by atoms with van der Waals surface area (Å²) in [5.74, 6) is 0.161. The Morgan fingerprint density at radius 3 is 2.36 bits per heavy atom. The van der Waals surface area contributed by atoms with E-state index >= 15 is 0 Å². The van der Waals surface area contributed by atoms with Gasteiger partial charge in [0.15, 0.2) is 0 Å². The third kappa shape index (κ3) is 6.05. The minimum absolute atomic E-state index is 0.0399. The summed E-state index contributed by atoms with van der Waals surface area (Å²) in [7, 11) is 1.67.